The van der Waals surface area contributed by atoms with Gasteiger partial charge in [-0.05, 0) is 74.4 Å². The Hall–Kier alpha value is -2.00. The number of carbonyl (C=O) groups excluding carboxylic acids is 1. The van der Waals surface area contributed by atoms with Gasteiger partial charge >= 0.3 is 0 Å². The van der Waals surface area contributed by atoms with Gasteiger partial charge in [0.15, 0.2) is 0 Å². The van der Waals surface area contributed by atoms with Crippen LogP contribution in [0.5, 0.6) is 5.75 Å². The summed E-state index contributed by atoms with van der Waals surface area (Å²) in [6.45, 7) is 4.94. The van der Waals surface area contributed by atoms with Crippen LogP contribution in [0.25, 0.3) is 0 Å². The van der Waals surface area contributed by atoms with Gasteiger partial charge in [-0.2, -0.15) is 0 Å². The first-order valence-corrected chi connectivity index (χ1v) is 10.1. The van der Waals surface area contributed by atoms with E-state index in [-0.39, 0.29) is 17.2 Å². The van der Waals surface area contributed by atoms with Crippen LogP contribution in [0.4, 0.5) is 5.69 Å². The molecule has 1 saturated carbocycles. The number of hydrogen-bond donors (Lipinski definition) is 1. The predicted molar refractivity (Wildman–Crippen MR) is 110 cm³/mol. The third-order valence-corrected chi connectivity index (χ3v) is 6.68. The molecule has 4 rings (SSSR count). The molecule has 1 aliphatic carbocycles. The summed E-state index contributed by atoms with van der Waals surface area (Å²) >= 11 is 5.91. The predicted octanol–water partition coefficient (Wildman–Crippen LogP) is 5.74. The van der Waals surface area contributed by atoms with E-state index in [0.29, 0.717) is 10.9 Å². The molecule has 1 spiro atoms. The summed E-state index contributed by atoms with van der Waals surface area (Å²) in [5, 5.41) is 3.70. The van der Waals surface area contributed by atoms with Crippen LogP contribution in [0.15, 0.2) is 42.5 Å². The highest BCUT2D eigenvalue weighted by Gasteiger charge is 2.44. The number of anilines is 1. The van der Waals surface area contributed by atoms with Crippen molar-refractivity contribution >= 4 is 23.2 Å². The van der Waals surface area contributed by atoms with Gasteiger partial charge in [-0.25, -0.2) is 0 Å². The number of carbonyl (C=O) groups is 1. The molecule has 0 bridgehead atoms. The molecule has 3 nitrogen and oxygen atoms in total. The average molecular weight is 384 g/mol. The summed E-state index contributed by atoms with van der Waals surface area (Å²) < 4.78 is 6.01. The summed E-state index contributed by atoms with van der Waals surface area (Å²) in [4.78, 5) is 12.7. The minimum absolute atomic E-state index is 0.00200. The lowest BCUT2D eigenvalue weighted by Gasteiger charge is -2.38. The average Bonchev–Trinajstić information content (AvgIpc) is 3.01. The highest BCUT2D eigenvalue weighted by molar-refractivity contribution is 6.30. The largest absolute Gasteiger partial charge is 0.492 e. The van der Waals surface area contributed by atoms with E-state index in [9.17, 15) is 4.79 Å². The standard InChI is InChI=1S/C23H26ClNO2/c1-15-3-8-20-21(13-15)27-14-23(20)11-9-17(10-12-23)16(2)22(26)25-19-6-4-18(24)5-7-19/h3-8,13,16-17H,9-12,14H2,1-2H3,(H,25,26)/t16-,17?,23?/m0/s1. The molecule has 2 aromatic rings. The molecule has 1 atom stereocenters. The Balaban J connectivity index is 1.39. The number of amides is 1. The van der Waals surface area contributed by atoms with Crippen LogP contribution < -0.4 is 10.1 Å². The van der Waals surface area contributed by atoms with E-state index in [0.717, 1.165) is 43.7 Å². The van der Waals surface area contributed by atoms with Crippen molar-refractivity contribution in [2.45, 2.75) is 44.9 Å². The first kappa shape index (κ1) is 18.4. The van der Waals surface area contributed by atoms with Crippen molar-refractivity contribution in [3.05, 3.63) is 58.6 Å². The number of benzene rings is 2. The van der Waals surface area contributed by atoms with Crippen molar-refractivity contribution in [2.24, 2.45) is 11.8 Å². The summed E-state index contributed by atoms with van der Waals surface area (Å²) in [6, 6.07) is 13.9. The van der Waals surface area contributed by atoms with Gasteiger partial charge in [0.1, 0.15) is 5.75 Å². The van der Waals surface area contributed by atoms with E-state index in [1.807, 2.05) is 12.1 Å². The van der Waals surface area contributed by atoms with Crippen molar-refractivity contribution in [3.63, 3.8) is 0 Å². The molecular formula is C23H26ClNO2. The van der Waals surface area contributed by atoms with E-state index in [1.165, 1.54) is 11.1 Å². The maximum absolute atomic E-state index is 12.7. The number of halogens is 1. The Bertz CT molecular complexity index is 838. The molecule has 4 heteroatoms. The molecule has 1 amide bonds. The third kappa shape index (κ3) is 3.58. The number of fused-ring (bicyclic) bond motifs is 2. The van der Waals surface area contributed by atoms with E-state index in [2.05, 4.69) is 37.4 Å². The van der Waals surface area contributed by atoms with Gasteiger partial charge in [0.2, 0.25) is 5.91 Å². The second-order valence-corrected chi connectivity index (χ2v) is 8.63. The quantitative estimate of drug-likeness (QED) is 0.733. The Morgan fingerprint density at radius 3 is 2.59 bits per heavy atom. The van der Waals surface area contributed by atoms with Crippen molar-refractivity contribution in [1.29, 1.82) is 0 Å². The van der Waals surface area contributed by atoms with Crippen LogP contribution in [0, 0.1) is 18.8 Å². The van der Waals surface area contributed by atoms with E-state index >= 15 is 0 Å². The topological polar surface area (TPSA) is 38.3 Å². The highest BCUT2D eigenvalue weighted by Crippen LogP contribution is 2.50. The number of nitrogens with one attached hydrogen (secondary N) is 1. The van der Waals surface area contributed by atoms with Crippen LogP contribution >= 0.6 is 11.6 Å². The molecule has 1 aliphatic heterocycles. The third-order valence-electron chi connectivity index (χ3n) is 6.43. The van der Waals surface area contributed by atoms with Crippen molar-refractivity contribution in [1.82, 2.24) is 0 Å². The maximum atomic E-state index is 12.7. The van der Waals surface area contributed by atoms with Gasteiger partial charge in [0.05, 0.1) is 6.61 Å². The molecule has 0 unspecified atom stereocenters. The van der Waals surface area contributed by atoms with Crippen LogP contribution in [0.2, 0.25) is 5.02 Å². The van der Waals surface area contributed by atoms with E-state index in [1.54, 1.807) is 12.1 Å². The molecule has 0 aromatic heterocycles. The Labute approximate surface area is 166 Å². The minimum Gasteiger partial charge on any atom is -0.492 e. The first-order chi connectivity index (χ1) is 13.0. The van der Waals surface area contributed by atoms with E-state index in [4.69, 9.17) is 16.3 Å². The van der Waals surface area contributed by atoms with Crippen molar-refractivity contribution in [3.8, 4) is 5.75 Å². The summed E-state index contributed by atoms with van der Waals surface area (Å²) in [5.74, 6) is 1.56. The smallest absolute Gasteiger partial charge is 0.227 e. The second kappa shape index (κ2) is 7.20. The molecule has 2 aromatic carbocycles. The van der Waals surface area contributed by atoms with Crippen LogP contribution in [-0.2, 0) is 10.2 Å². The summed E-state index contributed by atoms with van der Waals surface area (Å²) in [6.07, 6.45) is 4.30. The zero-order valence-electron chi connectivity index (χ0n) is 15.9. The monoisotopic (exact) mass is 383 g/mol. The summed E-state index contributed by atoms with van der Waals surface area (Å²) in [5.41, 5.74) is 3.56. The van der Waals surface area contributed by atoms with Crippen LogP contribution in [-0.4, -0.2) is 12.5 Å². The van der Waals surface area contributed by atoms with Gasteiger partial charge in [0.25, 0.3) is 0 Å². The molecule has 1 N–H and O–H groups in total. The van der Waals surface area contributed by atoms with Gasteiger partial charge < -0.3 is 10.1 Å². The lowest BCUT2D eigenvalue weighted by atomic mass is 9.65. The van der Waals surface area contributed by atoms with Gasteiger partial charge in [-0.1, -0.05) is 30.7 Å². The molecule has 142 valence electrons. The molecule has 2 aliphatic rings. The maximum Gasteiger partial charge on any atom is 0.227 e. The fourth-order valence-electron chi connectivity index (χ4n) is 4.59. The van der Waals surface area contributed by atoms with Crippen molar-refractivity contribution in [2.75, 3.05) is 11.9 Å². The molecule has 0 saturated heterocycles. The second-order valence-electron chi connectivity index (χ2n) is 8.19. The molecule has 1 heterocycles. The minimum atomic E-state index is -0.00200. The van der Waals surface area contributed by atoms with Gasteiger partial charge in [0, 0.05) is 27.6 Å². The lowest BCUT2D eigenvalue weighted by Crippen LogP contribution is -2.37. The van der Waals surface area contributed by atoms with Crippen molar-refractivity contribution < 1.29 is 9.53 Å². The lowest BCUT2D eigenvalue weighted by molar-refractivity contribution is -0.121. The zero-order valence-corrected chi connectivity index (χ0v) is 16.7. The molecule has 1 fully saturated rings. The number of aryl methyl sites for hydroxylation is 1. The van der Waals surface area contributed by atoms with Gasteiger partial charge in [-0.15, -0.1) is 0 Å². The Kier molecular flexibility index (Phi) is 4.90. The zero-order chi connectivity index (χ0) is 19.0. The summed E-state index contributed by atoms with van der Waals surface area (Å²) in [7, 11) is 0. The molecule has 0 radical (unpaired) electrons. The normalized spacial score (nSPS) is 24.9. The fourth-order valence-corrected chi connectivity index (χ4v) is 4.72. The van der Waals surface area contributed by atoms with Gasteiger partial charge in [-0.3, -0.25) is 4.79 Å². The molecule has 27 heavy (non-hydrogen) atoms. The SMILES string of the molecule is Cc1ccc2c(c1)OCC21CCC([C@H](C)C(=O)Nc2ccc(Cl)cc2)CC1. The van der Waals surface area contributed by atoms with E-state index < -0.39 is 0 Å². The van der Waals surface area contributed by atoms with Crippen LogP contribution in [0.3, 0.4) is 0 Å². The number of rotatable bonds is 3. The Morgan fingerprint density at radius 2 is 1.89 bits per heavy atom. The first-order valence-electron chi connectivity index (χ1n) is 9.77. The van der Waals surface area contributed by atoms with Crippen LogP contribution in [0.1, 0.15) is 43.7 Å². The highest BCUT2D eigenvalue weighted by atomic mass is 35.5. The number of hydrogen-bond acceptors (Lipinski definition) is 2. The Morgan fingerprint density at radius 1 is 1.19 bits per heavy atom. The number of ether oxygens (including phenoxy) is 1. The molecular weight excluding hydrogens is 358 g/mol. The fraction of sp³-hybridized carbons (Fsp3) is 0.435.